The summed E-state index contributed by atoms with van der Waals surface area (Å²) in [6, 6.07) is 17.2. The van der Waals surface area contributed by atoms with Gasteiger partial charge in [-0.1, -0.05) is 18.2 Å². The minimum atomic E-state index is -0.513. The number of carbonyl (C=O) groups excluding carboxylic acids is 1. The van der Waals surface area contributed by atoms with Crippen molar-refractivity contribution in [1.82, 2.24) is 4.90 Å². The maximum atomic E-state index is 12.5. The van der Waals surface area contributed by atoms with Crippen molar-refractivity contribution in [3.8, 4) is 5.75 Å². The highest BCUT2D eigenvalue weighted by Crippen LogP contribution is 2.13. The van der Waals surface area contributed by atoms with Gasteiger partial charge in [0, 0.05) is 9.13 Å². The van der Waals surface area contributed by atoms with Crippen LogP contribution in [0.4, 0.5) is 0 Å². The van der Waals surface area contributed by atoms with E-state index in [1.807, 2.05) is 59.5 Å². The summed E-state index contributed by atoms with van der Waals surface area (Å²) >= 11 is 2.25. The Morgan fingerprint density at radius 3 is 2.42 bits per heavy atom. The van der Waals surface area contributed by atoms with Gasteiger partial charge in [-0.25, -0.2) is 0 Å². The Morgan fingerprint density at radius 2 is 1.77 bits per heavy atom. The molecule has 1 fully saturated rings. The number of halogens is 1. The molecule has 2 aromatic carbocycles. The van der Waals surface area contributed by atoms with Crippen LogP contribution in [0.5, 0.6) is 5.75 Å². The van der Waals surface area contributed by atoms with Crippen LogP contribution >= 0.6 is 22.6 Å². The first kappa shape index (κ1) is 19.1. The van der Waals surface area contributed by atoms with Crippen molar-refractivity contribution in [2.75, 3.05) is 39.3 Å². The second-order valence-corrected chi connectivity index (χ2v) is 7.78. The van der Waals surface area contributed by atoms with E-state index in [0.717, 1.165) is 28.0 Å². The molecule has 0 aromatic heterocycles. The number of amides is 1. The van der Waals surface area contributed by atoms with E-state index in [-0.39, 0.29) is 12.5 Å². The summed E-state index contributed by atoms with van der Waals surface area (Å²) in [6.45, 7) is 4.05. The van der Waals surface area contributed by atoms with Crippen molar-refractivity contribution < 1.29 is 19.5 Å². The first-order valence-corrected chi connectivity index (χ1v) is 9.94. The Labute approximate surface area is 167 Å². The highest BCUT2D eigenvalue weighted by molar-refractivity contribution is 14.1. The molecular formula is C20H24IN2O3+. The topological polar surface area (TPSA) is 54.2 Å². The minimum absolute atomic E-state index is 0.0900. The lowest BCUT2D eigenvalue weighted by atomic mass is 10.2. The van der Waals surface area contributed by atoms with Crippen LogP contribution < -0.4 is 9.64 Å². The third kappa shape index (κ3) is 5.43. The van der Waals surface area contributed by atoms with Crippen molar-refractivity contribution in [3.05, 3.63) is 63.7 Å². The largest absolute Gasteiger partial charge is 0.491 e. The molecule has 1 aliphatic heterocycles. The summed E-state index contributed by atoms with van der Waals surface area (Å²) in [7, 11) is 0. The summed E-state index contributed by atoms with van der Waals surface area (Å²) in [6.07, 6.45) is -0.513. The number of rotatable bonds is 6. The summed E-state index contributed by atoms with van der Waals surface area (Å²) in [5, 5.41) is 10.2. The Bertz CT molecular complexity index is 701. The summed E-state index contributed by atoms with van der Waals surface area (Å²) < 4.78 is 6.81. The van der Waals surface area contributed by atoms with Crippen molar-refractivity contribution in [3.63, 3.8) is 0 Å². The first-order chi connectivity index (χ1) is 12.6. The third-order valence-electron chi connectivity index (χ3n) is 4.56. The Hall–Kier alpha value is -1.64. The lowest BCUT2D eigenvalue weighted by Crippen LogP contribution is -3.16. The molecule has 1 saturated heterocycles. The van der Waals surface area contributed by atoms with Crippen molar-refractivity contribution >= 4 is 28.5 Å². The molecule has 0 radical (unpaired) electrons. The fraction of sp³-hybridized carbons (Fsp3) is 0.350. The van der Waals surface area contributed by atoms with Gasteiger partial charge >= 0.3 is 0 Å². The zero-order valence-electron chi connectivity index (χ0n) is 14.6. The second-order valence-electron chi connectivity index (χ2n) is 6.53. The molecule has 3 rings (SSSR count). The molecule has 0 bridgehead atoms. The van der Waals surface area contributed by atoms with Crippen LogP contribution in [0.3, 0.4) is 0 Å². The monoisotopic (exact) mass is 467 g/mol. The highest BCUT2D eigenvalue weighted by atomic mass is 127. The maximum Gasteiger partial charge on any atom is 0.254 e. The molecule has 1 aliphatic rings. The Balaban J connectivity index is 1.40. The van der Waals surface area contributed by atoms with Crippen molar-refractivity contribution in [2.24, 2.45) is 0 Å². The Kier molecular flexibility index (Phi) is 6.87. The number of aliphatic hydroxyl groups excluding tert-OH is 1. The number of ether oxygens (including phenoxy) is 1. The van der Waals surface area contributed by atoms with Gasteiger partial charge in [-0.3, -0.25) is 4.79 Å². The summed E-state index contributed by atoms with van der Waals surface area (Å²) in [4.78, 5) is 15.7. The number of benzene rings is 2. The number of hydrogen-bond acceptors (Lipinski definition) is 3. The average Bonchev–Trinajstić information content (AvgIpc) is 2.68. The number of nitrogens with zero attached hydrogens (tertiary/aromatic N) is 1. The van der Waals surface area contributed by atoms with Gasteiger partial charge in [0.25, 0.3) is 5.91 Å². The number of hydrogen-bond donors (Lipinski definition) is 2. The van der Waals surface area contributed by atoms with E-state index < -0.39 is 6.10 Å². The molecular weight excluding hydrogens is 443 g/mol. The molecule has 138 valence electrons. The van der Waals surface area contributed by atoms with E-state index in [2.05, 4.69) is 22.6 Å². The minimum Gasteiger partial charge on any atom is -0.491 e. The Morgan fingerprint density at radius 1 is 1.12 bits per heavy atom. The number of piperazine rings is 1. The van der Waals surface area contributed by atoms with Gasteiger partial charge in [0.15, 0.2) is 0 Å². The molecule has 5 nitrogen and oxygen atoms in total. The molecule has 0 aliphatic carbocycles. The second kappa shape index (κ2) is 9.34. The molecule has 6 heteroatoms. The van der Waals surface area contributed by atoms with Gasteiger partial charge in [0.1, 0.15) is 25.0 Å². The standard InChI is InChI=1S/C20H23IN2O3/c21-17-6-8-19(9-7-17)26-15-18(24)14-22-10-12-23(13-11-22)20(25)16-4-2-1-3-5-16/h1-9,18,24H,10-15H2/p+1. The summed E-state index contributed by atoms with van der Waals surface area (Å²) in [5.74, 6) is 0.866. The normalized spacial score (nSPS) is 16.3. The number of nitrogens with one attached hydrogen (secondary N) is 1. The fourth-order valence-electron chi connectivity index (χ4n) is 3.11. The first-order valence-electron chi connectivity index (χ1n) is 8.86. The predicted octanol–water partition coefficient (Wildman–Crippen LogP) is 1.07. The third-order valence-corrected chi connectivity index (χ3v) is 5.28. The fourth-order valence-corrected chi connectivity index (χ4v) is 3.47. The molecule has 0 spiro atoms. The van der Waals surface area contributed by atoms with Gasteiger partial charge in [-0.15, -0.1) is 0 Å². The van der Waals surface area contributed by atoms with E-state index in [0.29, 0.717) is 19.6 Å². The van der Waals surface area contributed by atoms with E-state index in [4.69, 9.17) is 4.74 Å². The lowest BCUT2D eigenvalue weighted by Gasteiger charge is -2.33. The molecule has 2 aromatic rings. The highest BCUT2D eigenvalue weighted by Gasteiger charge is 2.26. The van der Waals surface area contributed by atoms with Crippen molar-refractivity contribution in [2.45, 2.75) is 6.10 Å². The van der Waals surface area contributed by atoms with Crippen LogP contribution in [0.25, 0.3) is 0 Å². The molecule has 2 N–H and O–H groups in total. The van der Waals surface area contributed by atoms with Gasteiger partial charge in [-0.05, 0) is 59.0 Å². The molecule has 26 heavy (non-hydrogen) atoms. The van der Waals surface area contributed by atoms with Crippen LogP contribution in [-0.2, 0) is 0 Å². The number of quaternary nitrogens is 1. The van der Waals surface area contributed by atoms with Gasteiger partial charge in [0.05, 0.1) is 26.2 Å². The molecule has 1 unspecified atom stereocenters. The SMILES string of the molecule is O=C(c1ccccc1)N1CC[NH+](CC(O)COc2ccc(I)cc2)CC1. The van der Waals surface area contributed by atoms with E-state index >= 15 is 0 Å². The number of aliphatic hydroxyl groups is 1. The van der Waals surface area contributed by atoms with E-state index in [1.165, 1.54) is 4.90 Å². The van der Waals surface area contributed by atoms with Crippen LogP contribution in [0.15, 0.2) is 54.6 Å². The van der Waals surface area contributed by atoms with Gasteiger partial charge in [0.2, 0.25) is 0 Å². The van der Waals surface area contributed by atoms with Crippen molar-refractivity contribution in [1.29, 1.82) is 0 Å². The molecule has 1 heterocycles. The summed E-state index contributed by atoms with van der Waals surface area (Å²) in [5.41, 5.74) is 0.738. The number of carbonyl (C=O) groups is 1. The van der Waals surface area contributed by atoms with E-state index in [9.17, 15) is 9.90 Å². The van der Waals surface area contributed by atoms with Gasteiger partial charge < -0.3 is 19.6 Å². The molecule has 0 saturated carbocycles. The zero-order valence-corrected chi connectivity index (χ0v) is 16.8. The maximum absolute atomic E-state index is 12.5. The lowest BCUT2D eigenvalue weighted by molar-refractivity contribution is -0.907. The van der Waals surface area contributed by atoms with Crippen LogP contribution in [0.2, 0.25) is 0 Å². The van der Waals surface area contributed by atoms with E-state index in [1.54, 1.807) is 0 Å². The smallest absolute Gasteiger partial charge is 0.254 e. The zero-order chi connectivity index (χ0) is 18.4. The van der Waals surface area contributed by atoms with Crippen LogP contribution in [0, 0.1) is 3.57 Å². The predicted molar refractivity (Wildman–Crippen MR) is 109 cm³/mol. The van der Waals surface area contributed by atoms with Gasteiger partial charge in [-0.2, -0.15) is 0 Å². The molecule has 1 amide bonds. The quantitative estimate of drug-likeness (QED) is 0.626. The average molecular weight is 467 g/mol. The van der Waals surface area contributed by atoms with Crippen LogP contribution in [0.1, 0.15) is 10.4 Å². The molecule has 1 atom stereocenters. The van der Waals surface area contributed by atoms with Crippen LogP contribution in [-0.4, -0.2) is 61.3 Å².